The van der Waals surface area contributed by atoms with Crippen molar-refractivity contribution in [2.24, 2.45) is 9.52 Å². The zero-order valence-electron chi connectivity index (χ0n) is 23.2. The van der Waals surface area contributed by atoms with Gasteiger partial charge in [-0.25, -0.2) is 4.21 Å². The fourth-order valence-electron chi connectivity index (χ4n) is 4.11. The second-order valence-electron chi connectivity index (χ2n) is 9.78. The Morgan fingerprint density at radius 1 is 0.979 bits per heavy atom. The summed E-state index contributed by atoms with van der Waals surface area (Å²) in [6.45, 7) is 1.09. The molecule has 3 unspecified atom stereocenters. The van der Waals surface area contributed by atoms with E-state index in [1.54, 1.807) is 6.07 Å². The zero-order valence-corrected chi connectivity index (χ0v) is 24.0. The highest BCUT2D eigenvalue weighted by molar-refractivity contribution is 7.94. The van der Waals surface area contributed by atoms with Gasteiger partial charge in [0.25, 0.3) is 5.60 Å². The lowest BCUT2D eigenvalue weighted by molar-refractivity contribution is -0.276. The number of oxime groups is 1. The quantitative estimate of drug-likeness (QED) is 0.327. The van der Waals surface area contributed by atoms with Gasteiger partial charge < -0.3 is 10.2 Å². The highest BCUT2D eigenvalue weighted by Gasteiger charge is 2.63. The molecule has 8 nitrogen and oxygen atoms in total. The predicted molar refractivity (Wildman–Crippen MR) is 136 cm³/mol. The van der Waals surface area contributed by atoms with E-state index in [0.717, 1.165) is 31.2 Å². The monoisotopic (exact) mass is 710 g/mol. The van der Waals surface area contributed by atoms with Crippen LogP contribution in [0.5, 0.6) is 0 Å². The Bertz CT molecular complexity index is 1700. The van der Waals surface area contributed by atoms with E-state index < -0.39 is 98.2 Å². The molecule has 21 heteroatoms. The van der Waals surface area contributed by atoms with Gasteiger partial charge in [-0.15, -0.1) is 0 Å². The van der Waals surface area contributed by atoms with Crippen molar-refractivity contribution in [1.29, 1.82) is 5.26 Å². The molecule has 1 aliphatic heterocycles. The van der Waals surface area contributed by atoms with Gasteiger partial charge in [0.15, 0.2) is 0 Å². The molecule has 2 amide bonds. The third-order valence-electron chi connectivity index (χ3n) is 6.55. The third-order valence-corrected chi connectivity index (χ3v) is 8.67. The average molecular weight is 710 g/mol. The number of hydrogen-bond donors (Lipinski definition) is 1. The lowest BCUT2D eigenvalue weighted by atomic mass is 9.84. The van der Waals surface area contributed by atoms with Gasteiger partial charge in [-0.05, 0) is 29.3 Å². The third kappa shape index (κ3) is 8.33. The molecule has 0 saturated carbocycles. The van der Waals surface area contributed by atoms with Crippen molar-refractivity contribution in [3.63, 3.8) is 0 Å². The van der Waals surface area contributed by atoms with Gasteiger partial charge in [0, 0.05) is 17.7 Å². The molecule has 3 rings (SSSR count). The van der Waals surface area contributed by atoms with Crippen LogP contribution >= 0.6 is 0 Å². The maximum absolute atomic E-state index is 14.3. The molecule has 0 saturated heterocycles. The summed E-state index contributed by atoms with van der Waals surface area (Å²) in [5.74, 6) is -5.79. The minimum absolute atomic E-state index is 0.0785. The molecule has 47 heavy (non-hydrogen) atoms. The first-order valence-corrected chi connectivity index (χ1v) is 14.5. The molecule has 3 atom stereocenters. The van der Waals surface area contributed by atoms with Crippen molar-refractivity contribution < 1.29 is 71.3 Å². The maximum Gasteiger partial charge on any atom is 0.474 e. The van der Waals surface area contributed by atoms with Gasteiger partial charge in [0.1, 0.15) is 11.8 Å². The number of nitrogens with zero attached hydrogens (tertiary/aromatic N) is 3. The van der Waals surface area contributed by atoms with Crippen LogP contribution in [-0.4, -0.2) is 45.6 Å². The Labute approximate surface area is 256 Å². The van der Waals surface area contributed by atoms with E-state index in [0.29, 0.717) is 0 Å². The Kier molecular flexibility index (Phi) is 10.0. The molecule has 0 bridgehead atoms. The standard InChI is InChI=1S/C26H18F12N4O4S/c1-2-47(45,42-21(44)25(33,34)35)12-20(43)40-19(11-39)14-5-3-13(4-6-14)18-10-22(46-41-18,26(36,37)38)15-7-16(23(27,28)29)9-17(8-15)24(30,31)32/h3-9,19H,2,10,12H2,1H3,(H,40,43). The van der Waals surface area contributed by atoms with Crippen LogP contribution in [0.15, 0.2) is 52.0 Å². The number of carbonyl (C=O) groups excluding carboxylic acids is 2. The number of benzene rings is 2. The van der Waals surface area contributed by atoms with Gasteiger partial charge >= 0.3 is 30.6 Å². The first-order chi connectivity index (χ1) is 21.3. The number of hydrogen-bond acceptors (Lipinski definition) is 6. The topological polar surface area (TPSA) is 121 Å². The first-order valence-electron chi connectivity index (χ1n) is 12.6. The number of nitriles is 1. The van der Waals surface area contributed by atoms with Crippen molar-refractivity contribution in [3.05, 3.63) is 70.3 Å². The molecule has 2 aromatic carbocycles. The number of amides is 2. The molecule has 256 valence electrons. The van der Waals surface area contributed by atoms with Crippen LogP contribution < -0.4 is 5.32 Å². The van der Waals surface area contributed by atoms with E-state index in [2.05, 4.69) is 14.4 Å². The van der Waals surface area contributed by atoms with Crippen LogP contribution in [0.2, 0.25) is 0 Å². The van der Waals surface area contributed by atoms with Crippen molar-refractivity contribution in [1.82, 2.24) is 5.32 Å². The summed E-state index contributed by atoms with van der Waals surface area (Å²) in [6, 6.07) is 3.57. The molecule has 1 aliphatic rings. The summed E-state index contributed by atoms with van der Waals surface area (Å²) >= 11 is 0. The Balaban J connectivity index is 1.89. The number of alkyl halides is 12. The van der Waals surface area contributed by atoms with E-state index >= 15 is 0 Å². The van der Waals surface area contributed by atoms with Crippen molar-refractivity contribution in [2.75, 3.05) is 11.5 Å². The lowest BCUT2D eigenvalue weighted by Crippen LogP contribution is -2.43. The summed E-state index contributed by atoms with van der Waals surface area (Å²) in [5, 5.41) is 14.8. The van der Waals surface area contributed by atoms with Gasteiger partial charge in [-0.3, -0.25) is 9.59 Å². The van der Waals surface area contributed by atoms with Crippen LogP contribution in [0.1, 0.15) is 47.2 Å². The minimum atomic E-state index is -5.59. The van der Waals surface area contributed by atoms with Crippen LogP contribution in [0, 0.1) is 11.3 Å². The SMILES string of the molecule is CCS(=O)(CC(=O)NC(C#N)c1ccc(C2=NOC(c3cc(C(F)(F)F)cc(C(F)(F)F)c3)(C(F)(F)F)C2)cc1)=NC(=O)C(F)(F)F. The molecule has 0 aliphatic carbocycles. The average Bonchev–Trinajstić information content (AvgIpc) is 3.42. The van der Waals surface area contributed by atoms with E-state index in [1.807, 2.05) is 5.32 Å². The number of nitrogens with one attached hydrogen (secondary N) is 1. The van der Waals surface area contributed by atoms with Crippen LogP contribution in [-0.2, 0) is 42.1 Å². The fourth-order valence-corrected chi connectivity index (χ4v) is 5.41. The highest BCUT2D eigenvalue weighted by atomic mass is 32.2. The van der Waals surface area contributed by atoms with Gasteiger partial charge in [-0.1, -0.05) is 36.3 Å². The zero-order chi connectivity index (χ0) is 35.8. The molecule has 1 N–H and O–H groups in total. The lowest BCUT2D eigenvalue weighted by Gasteiger charge is -2.30. The molecule has 0 spiro atoms. The van der Waals surface area contributed by atoms with E-state index in [4.69, 9.17) is 0 Å². The van der Waals surface area contributed by atoms with Crippen molar-refractivity contribution in [2.45, 2.75) is 49.7 Å². The second kappa shape index (κ2) is 12.7. The summed E-state index contributed by atoms with van der Waals surface area (Å²) in [4.78, 5) is 28.0. The summed E-state index contributed by atoms with van der Waals surface area (Å²) in [6.07, 6.45) is -23.3. The Morgan fingerprint density at radius 3 is 1.94 bits per heavy atom. The molecule has 1 heterocycles. The van der Waals surface area contributed by atoms with E-state index in [9.17, 15) is 71.7 Å². The molecule has 0 fully saturated rings. The van der Waals surface area contributed by atoms with E-state index in [1.165, 1.54) is 0 Å². The molecular weight excluding hydrogens is 692 g/mol. The normalized spacial score (nSPS) is 19.1. The molecule has 0 aromatic heterocycles. The van der Waals surface area contributed by atoms with Crippen molar-refractivity contribution >= 4 is 27.3 Å². The second-order valence-corrected chi connectivity index (χ2v) is 12.4. The van der Waals surface area contributed by atoms with Crippen LogP contribution in [0.25, 0.3) is 0 Å². The number of rotatable bonds is 7. The van der Waals surface area contributed by atoms with Gasteiger partial charge in [-0.2, -0.15) is 62.3 Å². The molecule has 0 radical (unpaired) electrons. The fraction of sp³-hybridized carbons (Fsp3) is 0.385. The minimum Gasteiger partial charge on any atom is -0.374 e. The summed E-state index contributed by atoms with van der Waals surface area (Å²) in [5.41, 5.74) is -10.2. The Hall–Kier alpha value is -4.35. The predicted octanol–water partition coefficient (Wildman–Crippen LogP) is 6.56. The van der Waals surface area contributed by atoms with Gasteiger partial charge in [0.05, 0.1) is 32.6 Å². The molecule has 2 aromatic rings. The van der Waals surface area contributed by atoms with E-state index in [-0.39, 0.29) is 29.3 Å². The molecular formula is C26H18F12N4O4S. The largest absolute Gasteiger partial charge is 0.474 e. The van der Waals surface area contributed by atoms with Crippen molar-refractivity contribution in [3.8, 4) is 6.07 Å². The maximum atomic E-state index is 14.3. The number of halogens is 12. The number of carbonyl (C=O) groups is 2. The van der Waals surface area contributed by atoms with Crippen LogP contribution in [0.3, 0.4) is 0 Å². The smallest absolute Gasteiger partial charge is 0.374 e. The van der Waals surface area contributed by atoms with Gasteiger partial charge in [0.2, 0.25) is 5.91 Å². The highest BCUT2D eigenvalue weighted by Crippen LogP contribution is 2.51. The first kappa shape index (κ1) is 37.1. The summed E-state index contributed by atoms with van der Waals surface area (Å²) in [7, 11) is -4.04. The van der Waals surface area contributed by atoms with Crippen LogP contribution in [0.4, 0.5) is 52.7 Å². The summed E-state index contributed by atoms with van der Waals surface area (Å²) < 4.78 is 176. The Morgan fingerprint density at radius 2 is 1.51 bits per heavy atom.